The molecule has 0 spiro atoms. The zero-order valence-electron chi connectivity index (χ0n) is 13.8. The minimum absolute atomic E-state index is 0.0114. The third-order valence-electron chi connectivity index (χ3n) is 3.62. The molecule has 124 valence electrons. The maximum Gasteiger partial charge on any atom is 0.241 e. The quantitative estimate of drug-likeness (QED) is 0.792. The first-order valence-corrected chi connectivity index (χ1v) is 8.04. The number of aromatic nitrogens is 2. The van der Waals surface area contributed by atoms with Gasteiger partial charge in [0, 0.05) is 19.3 Å². The lowest BCUT2D eigenvalue weighted by molar-refractivity contribution is -0.125. The van der Waals surface area contributed by atoms with Gasteiger partial charge in [0.25, 0.3) is 0 Å². The first kappa shape index (κ1) is 17.5. The fourth-order valence-electron chi connectivity index (χ4n) is 2.44. The fourth-order valence-corrected chi connectivity index (χ4v) is 2.60. The predicted octanol–water partition coefficient (Wildman–Crippen LogP) is 2.65. The zero-order chi connectivity index (χ0) is 16.8. The van der Waals surface area contributed by atoms with Gasteiger partial charge in [0.1, 0.15) is 6.04 Å². The summed E-state index contributed by atoms with van der Waals surface area (Å²) in [5.74, 6) is 0.0114. The number of amides is 1. The maximum atomic E-state index is 12.5. The molecule has 2 aromatic rings. The van der Waals surface area contributed by atoms with Gasteiger partial charge in [-0.2, -0.15) is 5.10 Å². The Bertz CT molecular complexity index is 636. The van der Waals surface area contributed by atoms with E-state index in [0.717, 1.165) is 18.5 Å². The highest BCUT2D eigenvalue weighted by atomic mass is 35.5. The molecule has 2 rings (SSSR count). The highest BCUT2D eigenvalue weighted by molar-refractivity contribution is 6.30. The average Bonchev–Trinajstić information content (AvgIpc) is 2.91. The molecule has 1 aromatic heterocycles. The highest BCUT2D eigenvalue weighted by Gasteiger charge is 2.22. The van der Waals surface area contributed by atoms with E-state index in [4.69, 9.17) is 11.6 Å². The predicted molar refractivity (Wildman–Crippen MR) is 92.5 cm³/mol. The number of hydrogen-bond acceptors (Lipinski definition) is 3. The minimum Gasteiger partial charge on any atom is -0.354 e. The first-order valence-electron chi connectivity index (χ1n) is 7.66. The van der Waals surface area contributed by atoms with E-state index in [-0.39, 0.29) is 11.9 Å². The monoisotopic (exact) mass is 334 g/mol. The van der Waals surface area contributed by atoms with Crippen LogP contribution in [0.15, 0.2) is 36.7 Å². The van der Waals surface area contributed by atoms with Crippen LogP contribution in [0.2, 0.25) is 5.02 Å². The molecule has 1 atom stereocenters. The van der Waals surface area contributed by atoms with Gasteiger partial charge < -0.3 is 5.32 Å². The summed E-state index contributed by atoms with van der Waals surface area (Å²) >= 11 is 5.82. The lowest BCUT2D eigenvalue weighted by Crippen LogP contribution is -2.37. The van der Waals surface area contributed by atoms with Crippen LogP contribution in [0.25, 0.3) is 0 Å². The second-order valence-electron chi connectivity index (χ2n) is 5.84. The summed E-state index contributed by atoms with van der Waals surface area (Å²) in [4.78, 5) is 14.4. The number of nitrogens with zero attached hydrogens (tertiary/aromatic N) is 3. The molecule has 6 heteroatoms. The molecule has 0 fully saturated rings. The van der Waals surface area contributed by atoms with Crippen LogP contribution in [-0.2, 0) is 11.3 Å². The topological polar surface area (TPSA) is 50.2 Å². The van der Waals surface area contributed by atoms with Gasteiger partial charge in [0.05, 0.1) is 11.2 Å². The third-order valence-corrected chi connectivity index (χ3v) is 3.82. The second-order valence-corrected chi connectivity index (χ2v) is 6.28. The molecular weight excluding hydrogens is 312 g/mol. The minimum atomic E-state index is -0.283. The third kappa shape index (κ3) is 5.08. The molecule has 1 heterocycles. The fraction of sp³-hybridized carbons (Fsp3) is 0.412. The van der Waals surface area contributed by atoms with Gasteiger partial charge in [-0.3, -0.25) is 14.4 Å². The lowest BCUT2D eigenvalue weighted by Gasteiger charge is -2.24. The van der Waals surface area contributed by atoms with E-state index in [2.05, 4.69) is 10.4 Å². The number of carbonyl (C=O) groups excluding carboxylic acids is 1. The Morgan fingerprint density at radius 2 is 2.04 bits per heavy atom. The Morgan fingerprint density at radius 1 is 1.35 bits per heavy atom. The SMILES string of the molecule is Cc1ccc([C@H](C(=O)NCCCn2cc(Cl)cn2)N(C)C)cc1. The molecule has 1 N–H and O–H groups in total. The maximum absolute atomic E-state index is 12.5. The summed E-state index contributed by atoms with van der Waals surface area (Å²) in [7, 11) is 3.83. The van der Waals surface area contributed by atoms with E-state index in [1.165, 1.54) is 5.56 Å². The van der Waals surface area contributed by atoms with Crippen LogP contribution in [0, 0.1) is 6.92 Å². The van der Waals surface area contributed by atoms with Gasteiger partial charge >= 0.3 is 0 Å². The van der Waals surface area contributed by atoms with E-state index in [9.17, 15) is 4.79 Å². The van der Waals surface area contributed by atoms with E-state index < -0.39 is 0 Å². The molecule has 1 amide bonds. The van der Waals surface area contributed by atoms with Crippen LogP contribution in [-0.4, -0.2) is 41.2 Å². The van der Waals surface area contributed by atoms with Gasteiger partial charge in [-0.25, -0.2) is 0 Å². The number of nitrogens with one attached hydrogen (secondary N) is 1. The highest BCUT2D eigenvalue weighted by Crippen LogP contribution is 2.19. The summed E-state index contributed by atoms with van der Waals surface area (Å²) < 4.78 is 1.78. The number of aryl methyl sites for hydroxylation is 2. The van der Waals surface area contributed by atoms with Crippen LogP contribution < -0.4 is 5.32 Å². The van der Waals surface area contributed by atoms with Crippen LogP contribution in [0.5, 0.6) is 0 Å². The van der Waals surface area contributed by atoms with Crippen LogP contribution in [0.1, 0.15) is 23.6 Å². The molecule has 0 aliphatic heterocycles. The molecule has 0 bridgehead atoms. The molecule has 5 nitrogen and oxygen atoms in total. The summed E-state index contributed by atoms with van der Waals surface area (Å²) in [6.07, 6.45) is 4.19. The summed E-state index contributed by atoms with van der Waals surface area (Å²) in [5, 5.41) is 7.74. The smallest absolute Gasteiger partial charge is 0.241 e. The molecule has 23 heavy (non-hydrogen) atoms. The number of hydrogen-bond donors (Lipinski definition) is 1. The van der Waals surface area contributed by atoms with E-state index in [1.807, 2.05) is 50.2 Å². The standard InChI is InChI=1S/C17H23ClN4O/c1-13-5-7-14(8-6-13)16(21(2)3)17(23)19-9-4-10-22-12-15(18)11-20-22/h5-8,11-12,16H,4,9-10H2,1-3H3,(H,19,23)/t16-/m1/s1. The van der Waals surface area contributed by atoms with E-state index in [1.54, 1.807) is 17.1 Å². The van der Waals surface area contributed by atoms with Gasteiger partial charge in [-0.15, -0.1) is 0 Å². The summed E-state index contributed by atoms with van der Waals surface area (Å²) in [6.45, 7) is 3.37. The first-order chi connectivity index (χ1) is 11.0. The molecule has 0 unspecified atom stereocenters. The molecule has 0 radical (unpaired) electrons. The Balaban J connectivity index is 1.87. The van der Waals surface area contributed by atoms with Crippen LogP contribution in [0.4, 0.5) is 0 Å². The van der Waals surface area contributed by atoms with Gasteiger partial charge in [0.15, 0.2) is 0 Å². The van der Waals surface area contributed by atoms with Crippen molar-refractivity contribution in [2.24, 2.45) is 0 Å². The molecule has 0 saturated carbocycles. The average molecular weight is 335 g/mol. The van der Waals surface area contributed by atoms with E-state index in [0.29, 0.717) is 11.6 Å². The summed E-state index contributed by atoms with van der Waals surface area (Å²) in [6, 6.07) is 7.78. The molecule has 0 aliphatic carbocycles. The Kier molecular flexibility index (Phi) is 6.19. The number of rotatable bonds is 7. The van der Waals surface area contributed by atoms with E-state index >= 15 is 0 Å². The van der Waals surface area contributed by atoms with Crippen molar-refractivity contribution in [2.45, 2.75) is 25.9 Å². The van der Waals surface area contributed by atoms with Crippen molar-refractivity contribution in [2.75, 3.05) is 20.6 Å². The van der Waals surface area contributed by atoms with Crippen molar-refractivity contribution >= 4 is 17.5 Å². The van der Waals surface area contributed by atoms with Crippen LogP contribution in [0.3, 0.4) is 0 Å². The number of carbonyl (C=O) groups is 1. The molecular formula is C17H23ClN4O. The molecule has 0 aliphatic rings. The van der Waals surface area contributed by atoms with Gasteiger partial charge in [0.2, 0.25) is 5.91 Å². The largest absolute Gasteiger partial charge is 0.354 e. The normalized spacial score (nSPS) is 12.4. The number of likely N-dealkylation sites (N-methyl/N-ethyl adjacent to an activating group) is 1. The molecule has 1 aromatic carbocycles. The summed E-state index contributed by atoms with van der Waals surface area (Å²) in [5.41, 5.74) is 2.18. The van der Waals surface area contributed by atoms with Crippen LogP contribution >= 0.6 is 11.6 Å². The van der Waals surface area contributed by atoms with Crippen molar-refractivity contribution in [1.29, 1.82) is 0 Å². The van der Waals surface area contributed by atoms with Gasteiger partial charge in [-0.05, 0) is 33.0 Å². The Labute approximate surface area is 142 Å². The van der Waals surface area contributed by atoms with Crippen molar-refractivity contribution in [1.82, 2.24) is 20.0 Å². The van der Waals surface area contributed by atoms with Gasteiger partial charge in [-0.1, -0.05) is 41.4 Å². The Hall–Kier alpha value is -1.85. The zero-order valence-corrected chi connectivity index (χ0v) is 14.5. The van der Waals surface area contributed by atoms with Crippen molar-refractivity contribution < 1.29 is 4.79 Å². The molecule has 0 saturated heterocycles. The van der Waals surface area contributed by atoms with Crippen molar-refractivity contribution in [3.63, 3.8) is 0 Å². The van der Waals surface area contributed by atoms with Crippen molar-refractivity contribution in [3.8, 4) is 0 Å². The second kappa shape index (κ2) is 8.13. The van der Waals surface area contributed by atoms with Crippen molar-refractivity contribution in [3.05, 3.63) is 52.8 Å². The Morgan fingerprint density at radius 3 is 2.61 bits per heavy atom. The number of halogens is 1. The lowest BCUT2D eigenvalue weighted by atomic mass is 10.0. The number of benzene rings is 1.